The quantitative estimate of drug-likeness (QED) is 0.629. The van der Waals surface area contributed by atoms with Crippen molar-refractivity contribution in [2.45, 2.75) is 23.8 Å². The Morgan fingerprint density at radius 1 is 1.38 bits per heavy atom. The van der Waals surface area contributed by atoms with Crippen LogP contribution in [-0.2, 0) is 11.2 Å². The molecule has 0 bridgehead atoms. The van der Waals surface area contributed by atoms with E-state index in [4.69, 9.17) is 11.6 Å². The number of thiophene rings is 1. The number of aromatic amines is 1. The van der Waals surface area contributed by atoms with Gasteiger partial charge in [-0.15, -0.1) is 16.4 Å². The summed E-state index contributed by atoms with van der Waals surface area (Å²) in [5.41, 5.74) is 0.713. The molecule has 8 heteroatoms. The Hall–Kier alpha value is -1.83. The van der Waals surface area contributed by atoms with Crippen LogP contribution in [0.3, 0.4) is 0 Å². The van der Waals surface area contributed by atoms with Crippen molar-refractivity contribution < 1.29 is 4.79 Å². The first-order valence-electron chi connectivity index (χ1n) is 7.27. The number of rotatable bonds is 6. The first-order valence-corrected chi connectivity index (χ1v) is 9.40. The summed E-state index contributed by atoms with van der Waals surface area (Å²) in [6.45, 7) is 1.82. The largest absolute Gasteiger partial charge is 0.325 e. The molecule has 1 amide bonds. The highest BCUT2D eigenvalue weighted by Crippen LogP contribution is 2.22. The number of aromatic nitrogens is 3. The number of nitrogens with one attached hydrogen (secondary N) is 2. The minimum absolute atomic E-state index is 0.105. The molecule has 0 aliphatic heterocycles. The van der Waals surface area contributed by atoms with Gasteiger partial charge in [-0.3, -0.25) is 9.89 Å². The van der Waals surface area contributed by atoms with Crippen LogP contribution in [0.5, 0.6) is 0 Å². The van der Waals surface area contributed by atoms with Crippen LogP contribution in [0.4, 0.5) is 5.69 Å². The Labute approximate surface area is 152 Å². The van der Waals surface area contributed by atoms with E-state index in [2.05, 4.69) is 26.6 Å². The second kappa shape index (κ2) is 7.83. The zero-order chi connectivity index (χ0) is 16.9. The van der Waals surface area contributed by atoms with E-state index in [1.54, 1.807) is 35.6 Å². The molecule has 3 rings (SSSR count). The molecular weight excluding hydrogens is 364 g/mol. The van der Waals surface area contributed by atoms with E-state index in [0.29, 0.717) is 15.9 Å². The molecule has 0 saturated carbocycles. The molecule has 3 aromatic rings. The van der Waals surface area contributed by atoms with Crippen molar-refractivity contribution >= 4 is 46.3 Å². The summed E-state index contributed by atoms with van der Waals surface area (Å²) in [6, 6.07) is 11.1. The summed E-state index contributed by atoms with van der Waals surface area (Å²) < 4.78 is 0. The fourth-order valence-corrected chi connectivity index (χ4v) is 3.56. The van der Waals surface area contributed by atoms with Crippen LogP contribution in [-0.4, -0.2) is 26.3 Å². The molecule has 24 heavy (non-hydrogen) atoms. The number of H-pyrrole nitrogens is 1. The van der Waals surface area contributed by atoms with E-state index in [1.807, 2.05) is 18.4 Å². The lowest BCUT2D eigenvalue weighted by atomic mass is 10.3. The van der Waals surface area contributed by atoms with Gasteiger partial charge in [-0.2, -0.15) is 0 Å². The lowest BCUT2D eigenvalue weighted by molar-refractivity contribution is -0.115. The number of halogens is 1. The van der Waals surface area contributed by atoms with Crippen LogP contribution in [0.25, 0.3) is 0 Å². The molecule has 0 fully saturated rings. The fraction of sp³-hybridized carbons (Fsp3) is 0.188. The molecule has 0 spiro atoms. The van der Waals surface area contributed by atoms with Gasteiger partial charge in [0.15, 0.2) is 0 Å². The molecule has 0 aliphatic carbocycles. The van der Waals surface area contributed by atoms with Crippen molar-refractivity contribution in [2.75, 3.05) is 5.32 Å². The zero-order valence-corrected chi connectivity index (χ0v) is 15.2. The van der Waals surface area contributed by atoms with E-state index in [0.717, 1.165) is 12.2 Å². The maximum Gasteiger partial charge on any atom is 0.237 e. The molecular formula is C16H15ClN4OS2. The van der Waals surface area contributed by atoms with Crippen molar-refractivity contribution in [1.82, 2.24) is 15.2 Å². The van der Waals surface area contributed by atoms with Crippen molar-refractivity contribution in [3.63, 3.8) is 0 Å². The number of carbonyl (C=O) groups is 1. The highest BCUT2D eigenvalue weighted by Gasteiger charge is 2.17. The van der Waals surface area contributed by atoms with Crippen molar-refractivity contribution in [3.8, 4) is 0 Å². The van der Waals surface area contributed by atoms with Crippen LogP contribution in [0, 0.1) is 0 Å². The zero-order valence-electron chi connectivity index (χ0n) is 12.8. The van der Waals surface area contributed by atoms with Gasteiger partial charge in [0.25, 0.3) is 0 Å². The van der Waals surface area contributed by atoms with Gasteiger partial charge >= 0.3 is 0 Å². The number of nitrogens with zero attached hydrogens (tertiary/aromatic N) is 2. The number of hydrogen-bond donors (Lipinski definition) is 2. The predicted molar refractivity (Wildman–Crippen MR) is 98.9 cm³/mol. The van der Waals surface area contributed by atoms with Gasteiger partial charge in [0.1, 0.15) is 5.82 Å². The van der Waals surface area contributed by atoms with Gasteiger partial charge in [0.05, 0.1) is 5.25 Å². The van der Waals surface area contributed by atoms with Gasteiger partial charge < -0.3 is 5.32 Å². The Morgan fingerprint density at radius 3 is 2.88 bits per heavy atom. The number of amides is 1. The van der Waals surface area contributed by atoms with Gasteiger partial charge in [0, 0.05) is 22.0 Å². The molecule has 2 aromatic heterocycles. The molecule has 124 valence electrons. The number of thioether (sulfide) groups is 1. The second-order valence-electron chi connectivity index (χ2n) is 5.08. The topological polar surface area (TPSA) is 70.7 Å². The lowest BCUT2D eigenvalue weighted by Gasteiger charge is -2.10. The van der Waals surface area contributed by atoms with Gasteiger partial charge in [-0.25, -0.2) is 4.98 Å². The standard InChI is InChI=1S/C16H15ClN4OS2/c1-10(15(22)18-12-6-4-11(17)5-7-12)24-16-19-14(20-21-16)9-13-3-2-8-23-13/h2-8,10H,9H2,1H3,(H,18,22)(H,19,20,21). The number of hydrogen-bond acceptors (Lipinski definition) is 5. The molecule has 1 unspecified atom stereocenters. The van der Waals surface area contributed by atoms with E-state index < -0.39 is 0 Å². The van der Waals surface area contributed by atoms with E-state index in [1.165, 1.54) is 16.6 Å². The first kappa shape index (κ1) is 17.0. The third-order valence-corrected chi connectivity index (χ3v) is 5.29. The minimum atomic E-state index is -0.314. The maximum absolute atomic E-state index is 12.2. The molecule has 1 aromatic carbocycles. The Balaban J connectivity index is 1.56. The first-order chi connectivity index (χ1) is 11.6. The van der Waals surface area contributed by atoms with Crippen LogP contribution in [0.15, 0.2) is 46.9 Å². The Kier molecular flexibility index (Phi) is 5.55. The minimum Gasteiger partial charge on any atom is -0.325 e. The van der Waals surface area contributed by atoms with Crippen LogP contribution in [0.2, 0.25) is 5.02 Å². The summed E-state index contributed by atoms with van der Waals surface area (Å²) in [4.78, 5) is 17.9. The molecule has 0 saturated heterocycles. The van der Waals surface area contributed by atoms with Crippen LogP contribution < -0.4 is 5.32 Å². The van der Waals surface area contributed by atoms with Crippen molar-refractivity contribution in [1.29, 1.82) is 0 Å². The van der Waals surface area contributed by atoms with E-state index in [-0.39, 0.29) is 11.2 Å². The molecule has 5 nitrogen and oxygen atoms in total. The Morgan fingerprint density at radius 2 is 2.17 bits per heavy atom. The number of benzene rings is 1. The average molecular weight is 379 g/mol. The molecule has 2 N–H and O–H groups in total. The third-order valence-electron chi connectivity index (χ3n) is 3.20. The number of anilines is 1. The van der Waals surface area contributed by atoms with Gasteiger partial charge in [-0.05, 0) is 42.6 Å². The molecule has 0 aliphatic rings. The summed E-state index contributed by atoms with van der Waals surface area (Å²) >= 11 is 8.83. The maximum atomic E-state index is 12.2. The van der Waals surface area contributed by atoms with Crippen molar-refractivity contribution in [2.24, 2.45) is 0 Å². The van der Waals surface area contributed by atoms with Crippen LogP contribution in [0.1, 0.15) is 17.6 Å². The molecule has 2 heterocycles. The summed E-state index contributed by atoms with van der Waals surface area (Å²) in [5.74, 6) is 0.692. The molecule has 0 radical (unpaired) electrons. The SMILES string of the molecule is CC(Sc1n[nH]c(Cc2cccs2)n1)C(=O)Nc1ccc(Cl)cc1. The van der Waals surface area contributed by atoms with Crippen LogP contribution >= 0.6 is 34.7 Å². The summed E-state index contributed by atoms with van der Waals surface area (Å²) in [7, 11) is 0. The average Bonchev–Trinajstić information content (AvgIpc) is 3.22. The second-order valence-corrected chi connectivity index (χ2v) is 7.85. The van der Waals surface area contributed by atoms with Gasteiger partial charge in [0.2, 0.25) is 11.1 Å². The van der Waals surface area contributed by atoms with Gasteiger partial charge in [-0.1, -0.05) is 29.4 Å². The number of carbonyl (C=O) groups excluding carboxylic acids is 1. The lowest BCUT2D eigenvalue weighted by Crippen LogP contribution is -2.22. The Bertz CT molecular complexity index is 802. The summed E-state index contributed by atoms with van der Waals surface area (Å²) in [5, 5.41) is 12.9. The highest BCUT2D eigenvalue weighted by molar-refractivity contribution is 8.00. The van der Waals surface area contributed by atoms with E-state index in [9.17, 15) is 4.79 Å². The molecule has 1 atom stereocenters. The monoisotopic (exact) mass is 378 g/mol. The smallest absolute Gasteiger partial charge is 0.237 e. The normalized spacial score (nSPS) is 12.1. The summed E-state index contributed by atoms with van der Waals surface area (Å²) in [6.07, 6.45) is 0.719. The fourth-order valence-electron chi connectivity index (χ4n) is 1.98. The highest BCUT2D eigenvalue weighted by atomic mass is 35.5. The van der Waals surface area contributed by atoms with E-state index >= 15 is 0 Å². The predicted octanol–water partition coefficient (Wildman–Crippen LogP) is 4.23. The third kappa shape index (κ3) is 4.59. The van der Waals surface area contributed by atoms with Crippen molar-refractivity contribution in [3.05, 3.63) is 57.5 Å².